The zero-order valence-electron chi connectivity index (χ0n) is 9.02. The number of thioether (sulfide) groups is 1. The average molecular weight is 240 g/mol. The Balaban J connectivity index is 2.50. The molecule has 0 spiro atoms. The van der Waals surface area contributed by atoms with E-state index in [1.807, 2.05) is 6.26 Å². The number of carboxylic acid groups (broad SMARTS) is 1. The molecule has 0 amide bonds. The van der Waals surface area contributed by atoms with Crippen molar-refractivity contribution >= 4 is 17.7 Å². The minimum atomic E-state index is -0.839. The summed E-state index contributed by atoms with van der Waals surface area (Å²) < 4.78 is 10.6. The first-order chi connectivity index (χ1) is 7.65. The molecule has 0 aliphatic carbocycles. The first-order valence-electron chi connectivity index (χ1n) is 4.84. The minimum absolute atomic E-state index is 0.202. The lowest BCUT2D eigenvalue weighted by Gasteiger charge is -2.13. The summed E-state index contributed by atoms with van der Waals surface area (Å²) in [6.07, 6.45) is 1.90. The Hall–Kier alpha value is -1.36. The van der Waals surface area contributed by atoms with E-state index >= 15 is 0 Å². The van der Waals surface area contributed by atoms with E-state index < -0.39 is 11.9 Å². The molecule has 1 aliphatic heterocycles. The maximum atomic E-state index is 11.0. The van der Waals surface area contributed by atoms with E-state index in [4.69, 9.17) is 14.6 Å². The van der Waals surface area contributed by atoms with Crippen LogP contribution in [0.5, 0.6) is 11.5 Å². The molecule has 1 aromatic carbocycles. The zero-order valence-corrected chi connectivity index (χ0v) is 9.84. The number of carboxylic acids is 1. The molecule has 1 aromatic rings. The first-order valence-corrected chi connectivity index (χ1v) is 6.07. The number of fused-ring (bicyclic) bond motifs is 1. The summed E-state index contributed by atoms with van der Waals surface area (Å²) in [6, 6.07) is 3.55. The largest absolute Gasteiger partial charge is 0.481 e. The van der Waals surface area contributed by atoms with Crippen molar-refractivity contribution in [3.8, 4) is 11.5 Å². The number of carbonyl (C=O) groups is 1. The molecule has 0 aromatic heterocycles. The van der Waals surface area contributed by atoms with Gasteiger partial charge in [-0.05, 0) is 24.8 Å². The Kier molecular flexibility index (Phi) is 2.96. The molecule has 0 bridgehead atoms. The summed E-state index contributed by atoms with van der Waals surface area (Å²) in [5.74, 6) is -0.0325. The van der Waals surface area contributed by atoms with E-state index in [0.717, 1.165) is 10.5 Å². The minimum Gasteiger partial charge on any atom is -0.481 e. The fraction of sp³-hybridized carbons (Fsp3) is 0.364. The molecule has 2 rings (SSSR count). The van der Waals surface area contributed by atoms with Crippen LogP contribution >= 0.6 is 11.8 Å². The Morgan fingerprint density at radius 1 is 1.50 bits per heavy atom. The lowest BCUT2D eigenvalue weighted by Crippen LogP contribution is -2.08. The fourth-order valence-electron chi connectivity index (χ4n) is 1.65. The van der Waals surface area contributed by atoms with E-state index in [1.165, 1.54) is 11.8 Å². The number of benzene rings is 1. The molecule has 0 fully saturated rings. The van der Waals surface area contributed by atoms with Gasteiger partial charge in [-0.15, -0.1) is 11.8 Å². The molecule has 1 atom stereocenters. The maximum absolute atomic E-state index is 11.0. The zero-order chi connectivity index (χ0) is 11.7. The molecule has 1 aliphatic rings. The molecular weight excluding hydrogens is 228 g/mol. The summed E-state index contributed by atoms with van der Waals surface area (Å²) in [6.45, 7) is 1.87. The number of hydrogen-bond donors (Lipinski definition) is 1. The molecule has 86 valence electrons. The van der Waals surface area contributed by atoms with Gasteiger partial charge in [-0.25, -0.2) is 0 Å². The number of aliphatic carboxylic acids is 1. The summed E-state index contributed by atoms with van der Waals surface area (Å²) >= 11 is 1.48. The topological polar surface area (TPSA) is 55.8 Å². The van der Waals surface area contributed by atoms with Gasteiger partial charge in [0.2, 0.25) is 6.79 Å². The molecule has 5 heteroatoms. The van der Waals surface area contributed by atoms with Crippen LogP contribution in [-0.4, -0.2) is 24.1 Å². The van der Waals surface area contributed by atoms with Crippen molar-refractivity contribution in [1.29, 1.82) is 0 Å². The van der Waals surface area contributed by atoms with Gasteiger partial charge in [0.1, 0.15) is 0 Å². The average Bonchev–Trinajstić information content (AvgIpc) is 2.74. The quantitative estimate of drug-likeness (QED) is 0.822. The number of ether oxygens (including phenoxy) is 2. The summed E-state index contributed by atoms with van der Waals surface area (Å²) in [4.78, 5) is 11.8. The summed E-state index contributed by atoms with van der Waals surface area (Å²) in [5.41, 5.74) is 0.768. The van der Waals surface area contributed by atoms with Crippen LogP contribution in [0.15, 0.2) is 17.0 Å². The third kappa shape index (κ3) is 1.71. The van der Waals surface area contributed by atoms with Gasteiger partial charge >= 0.3 is 5.97 Å². The summed E-state index contributed by atoms with van der Waals surface area (Å²) in [5, 5.41) is 9.02. The molecule has 1 N–H and O–H groups in total. The molecular formula is C11H12O4S. The predicted octanol–water partition coefficient (Wildman–Crippen LogP) is 2.33. The highest BCUT2D eigenvalue weighted by Crippen LogP contribution is 2.44. The van der Waals surface area contributed by atoms with Crippen LogP contribution in [0.3, 0.4) is 0 Å². The van der Waals surface area contributed by atoms with Gasteiger partial charge in [0.25, 0.3) is 0 Å². The van der Waals surface area contributed by atoms with Crippen LogP contribution in [-0.2, 0) is 4.79 Å². The molecule has 0 radical (unpaired) electrons. The van der Waals surface area contributed by atoms with Crippen molar-refractivity contribution in [3.63, 3.8) is 0 Å². The molecule has 4 nitrogen and oxygen atoms in total. The smallest absolute Gasteiger partial charge is 0.310 e. The predicted molar refractivity (Wildman–Crippen MR) is 60.4 cm³/mol. The van der Waals surface area contributed by atoms with Crippen LogP contribution in [0.4, 0.5) is 0 Å². The molecule has 16 heavy (non-hydrogen) atoms. The Morgan fingerprint density at radius 3 is 2.88 bits per heavy atom. The van der Waals surface area contributed by atoms with Crippen molar-refractivity contribution in [2.45, 2.75) is 17.7 Å². The van der Waals surface area contributed by atoms with Crippen molar-refractivity contribution in [1.82, 2.24) is 0 Å². The lowest BCUT2D eigenvalue weighted by molar-refractivity contribution is -0.138. The standard InChI is InChI=1S/C11H12O4S/c1-6(11(12)13)7-3-4-8-9(10(7)16-2)15-5-14-8/h3-4,6H,5H2,1-2H3,(H,12,13). The Morgan fingerprint density at radius 2 is 2.25 bits per heavy atom. The van der Waals surface area contributed by atoms with Crippen molar-refractivity contribution in [3.05, 3.63) is 17.7 Å². The van der Waals surface area contributed by atoms with Gasteiger partial charge in [-0.1, -0.05) is 6.07 Å². The van der Waals surface area contributed by atoms with E-state index in [0.29, 0.717) is 11.5 Å². The van der Waals surface area contributed by atoms with Crippen molar-refractivity contribution in [2.75, 3.05) is 13.0 Å². The third-order valence-corrected chi connectivity index (χ3v) is 3.39. The van der Waals surface area contributed by atoms with Crippen LogP contribution < -0.4 is 9.47 Å². The van der Waals surface area contributed by atoms with Crippen LogP contribution in [0, 0.1) is 0 Å². The molecule has 1 unspecified atom stereocenters. The highest BCUT2D eigenvalue weighted by molar-refractivity contribution is 7.98. The monoisotopic (exact) mass is 240 g/mol. The maximum Gasteiger partial charge on any atom is 0.310 e. The van der Waals surface area contributed by atoms with E-state index in [-0.39, 0.29) is 6.79 Å². The normalized spacial score (nSPS) is 14.9. The molecule has 0 saturated carbocycles. The number of rotatable bonds is 3. The van der Waals surface area contributed by atoms with Gasteiger partial charge in [-0.3, -0.25) is 4.79 Å². The van der Waals surface area contributed by atoms with Crippen LogP contribution in [0.2, 0.25) is 0 Å². The molecule has 0 saturated heterocycles. The van der Waals surface area contributed by atoms with E-state index in [1.54, 1.807) is 19.1 Å². The lowest BCUT2D eigenvalue weighted by atomic mass is 10.0. The Labute approximate surface area is 97.6 Å². The van der Waals surface area contributed by atoms with Crippen molar-refractivity contribution in [2.24, 2.45) is 0 Å². The second-order valence-electron chi connectivity index (χ2n) is 3.48. The van der Waals surface area contributed by atoms with E-state index in [9.17, 15) is 4.79 Å². The first kappa shape index (κ1) is 11.1. The van der Waals surface area contributed by atoms with Gasteiger partial charge in [0.05, 0.1) is 10.8 Å². The highest BCUT2D eigenvalue weighted by atomic mass is 32.2. The van der Waals surface area contributed by atoms with E-state index in [2.05, 4.69) is 0 Å². The van der Waals surface area contributed by atoms with Gasteiger partial charge < -0.3 is 14.6 Å². The van der Waals surface area contributed by atoms with Gasteiger partial charge in [0.15, 0.2) is 11.5 Å². The fourth-order valence-corrected chi connectivity index (χ4v) is 2.47. The van der Waals surface area contributed by atoms with Gasteiger partial charge in [0, 0.05) is 0 Å². The third-order valence-electron chi connectivity index (χ3n) is 2.57. The Bertz CT molecular complexity index is 430. The highest BCUT2D eigenvalue weighted by Gasteiger charge is 2.25. The number of hydrogen-bond acceptors (Lipinski definition) is 4. The van der Waals surface area contributed by atoms with Crippen LogP contribution in [0.25, 0.3) is 0 Å². The SMILES string of the molecule is CSc1c(C(C)C(=O)O)ccc2c1OCO2. The van der Waals surface area contributed by atoms with Crippen molar-refractivity contribution < 1.29 is 19.4 Å². The molecule has 1 heterocycles. The van der Waals surface area contributed by atoms with Crippen LogP contribution in [0.1, 0.15) is 18.4 Å². The van der Waals surface area contributed by atoms with Gasteiger partial charge in [-0.2, -0.15) is 0 Å². The summed E-state index contributed by atoms with van der Waals surface area (Å²) in [7, 11) is 0. The second kappa shape index (κ2) is 4.25. The second-order valence-corrected chi connectivity index (χ2v) is 4.30.